The molecule has 1 amide bonds. The highest BCUT2D eigenvalue weighted by molar-refractivity contribution is 6.05. The normalized spacial score (nSPS) is 16.2. The van der Waals surface area contributed by atoms with E-state index in [4.69, 9.17) is 0 Å². The zero-order valence-corrected chi connectivity index (χ0v) is 22.5. The number of hydrazine groups is 2. The predicted molar refractivity (Wildman–Crippen MR) is 145 cm³/mol. The molecule has 0 unspecified atom stereocenters. The molecule has 1 fully saturated rings. The molecule has 0 atom stereocenters. The Morgan fingerprint density at radius 2 is 1.75 bits per heavy atom. The number of benzene rings is 2. The lowest BCUT2D eigenvalue weighted by atomic mass is 10.1. The van der Waals surface area contributed by atoms with Crippen molar-refractivity contribution in [2.24, 2.45) is 7.05 Å². The summed E-state index contributed by atoms with van der Waals surface area (Å²) in [7, 11) is 3.74. The number of amides is 1. The molecule has 212 valence electrons. The van der Waals surface area contributed by atoms with Gasteiger partial charge in [0.05, 0.1) is 28.8 Å². The molecule has 3 heterocycles. The number of alkyl halides is 3. The van der Waals surface area contributed by atoms with E-state index in [1.807, 2.05) is 39.0 Å². The average Bonchev–Trinajstić information content (AvgIpc) is 3.51. The summed E-state index contributed by atoms with van der Waals surface area (Å²) in [6, 6.07) is 6.90. The van der Waals surface area contributed by atoms with Crippen LogP contribution in [0.3, 0.4) is 0 Å². The highest BCUT2D eigenvalue weighted by Gasteiger charge is 2.37. The first-order valence-electron chi connectivity index (χ1n) is 12.7. The monoisotopic (exact) mass is 558 g/mol. The van der Waals surface area contributed by atoms with Gasteiger partial charge in [0, 0.05) is 61.9 Å². The lowest BCUT2D eigenvalue weighted by Gasteiger charge is -2.34. The number of anilines is 3. The third-order valence-electron chi connectivity index (χ3n) is 7.29. The van der Waals surface area contributed by atoms with Crippen LogP contribution in [0.25, 0.3) is 5.70 Å². The van der Waals surface area contributed by atoms with Gasteiger partial charge in [0.2, 0.25) is 0 Å². The fourth-order valence-electron chi connectivity index (χ4n) is 4.72. The molecule has 13 heteroatoms. The average molecular weight is 559 g/mol. The molecule has 2 aromatic carbocycles. The molecule has 2 aliphatic rings. The van der Waals surface area contributed by atoms with Crippen molar-refractivity contribution in [1.29, 1.82) is 0 Å². The van der Waals surface area contributed by atoms with Crippen LogP contribution in [0.1, 0.15) is 32.7 Å². The summed E-state index contributed by atoms with van der Waals surface area (Å²) >= 11 is 0. The van der Waals surface area contributed by atoms with Crippen molar-refractivity contribution in [2.45, 2.75) is 20.0 Å². The van der Waals surface area contributed by atoms with Gasteiger partial charge in [-0.2, -0.15) is 18.3 Å². The molecule has 0 spiro atoms. The second-order valence-electron chi connectivity index (χ2n) is 10.0. The van der Waals surface area contributed by atoms with Gasteiger partial charge in [-0.1, -0.05) is 6.07 Å². The van der Waals surface area contributed by atoms with Crippen LogP contribution in [0.5, 0.6) is 0 Å². The van der Waals surface area contributed by atoms with E-state index < -0.39 is 23.5 Å². The number of nitrogens with one attached hydrogen (secondary N) is 3. The second kappa shape index (κ2) is 10.5. The first-order chi connectivity index (χ1) is 18.9. The summed E-state index contributed by atoms with van der Waals surface area (Å²) in [6.07, 6.45) is -1.36. The van der Waals surface area contributed by atoms with Gasteiger partial charge < -0.3 is 20.5 Å². The second-order valence-corrected chi connectivity index (χ2v) is 10.0. The topological polar surface area (TPSA) is 80.7 Å². The Balaban J connectivity index is 1.42. The van der Waals surface area contributed by atoms with Crippen molar-refractivity contribution < 1.29 is 22.4 Å². The van der Waals surface area contributed by atoms with Crippen LogP contribution in [0, 0.1) is 19.7 Å². The first kappa shape index (κ1) is 27.5. The molecule has 40 heavy (non-hydrogen) atoms. The number of halogens is 4. The van der Waals surface area contributed by atoms with E-state index in [0.717, 1.165) is 22.5 Å². The number of aromatic nitrogens is 2. The Bertz CT molecular complexity index is 1470. The minimum Gasteiger partial charge on any atom is -0.367 e. The summed E-state index contributed by atoms with van der Waals surface area (Å²) in [6.45, 7) is 5.67. The van der Waals surface area contributed by atoms with Crippen LogP contribution < -0.4 is 26.2 Å². The standard InChI is InChI=1S/C27H30F4N8O/c1-16-5-6-19(13-23(16)39-15-22(34-35-39)20-14-32-37(4)17(20)2)33-26(40)18-11-21(27(29,30)31)25(28)24(12-18)38-9-7-36(3)8-10-38/h5-6,11-15,34-35H,7-10H2,1-4H3,(H,33,40). The third kappa shape index (κ3) is 5.34. The fraction of sp³-hybridized carbons (Fsp3) is 0.333. The van der Waals surface area contributed by atoms with Crippen molar-refractivity contribution in [3.8, 4) is 0 Å². The molecule has 3 N–H and O–H groups in total. The maximum absolute atomic E-state index is 15.0. The molecular formula is C27H30F4N8O. The Morgan fingerprint density at radius 1 is 1.02 bits per heavy atom. The van der Waals surface area contributed by atoms with Gasteiger partial charge in [-0.05, 0) is 50.7 Å². The first-order valence-corrected chi connectivity index (χ1v) is 12.7. The summed E-state index contributed by atoms with van der Waals surface area (Å²) in [5, 5.41) is 8.67. The number of hydrogen-bond donors (Lipinski definition) is 3. The number of hydrogen-bond acceptors (Lipinski definition) is 7. The molecule has 1 aromatic heterocycles. The van der Waals surface area contributed by atoms with Crippen molar-refractivity contribution >= 4 is 28.7 Å². The van der Waals surface area contributed by atoms with Crippen LogP contribution in [0.2, 0.25) is 0 Å². The largest absolute Gasteiger partial charge is 0.419 e. The van der Waals surface area contributed by atoms with Crippen molar-refractivity contribution in [1.82, 2.24) is 25.6 Å². The molecule has 0 radical (unpaired) electrons. The van der Waals surface area contributed by atoms with Crippen molar-refractivity contribution in [3.63, 3.8) is 0 Å². The summed E-state index contributed by atoms with van der Waals surface area (Å²) < 4.78 is 58.0. The number of piperazine rings is 1. The van der Waals surface area contributed by atoms with Crippen molar-refractivity contribution in [2.75, 3.05) is 48.5 Å². The van der Waals surface area contributed by atoms with Gasteiger partial charge >= 0.3 is 6.18 Å². The van der Waals surface area contributed by atoms with E-state index in [1.165, 1.54) is 6.07 Å². The van der Waals surface area contributed by atoms with Gasteiger partial charge in [0.1, 0.15) is 0 Å². The number of likely N-dealkylation sites (N-methyl/N-ethyl adjacent to an activating group) is 1. The summed E-state index contributed by atoms with van der Waals surface area (Å²) in [5.41, 5.74) is 8.81. The van der Waals surface area contributed by atoms with Gasteiger partial charge in [0.15, 0.2) is 5.82 Å². The SMILES string of the molecule is Cc1ccc(NC(=O)c2cc(N3CCN(C)CC3)c(F)c(C(F)(F)F)c2)cc1N1C=C(c2cnn(C)c2C)NN1. The van der Waals surface area contributed by atoms with E-state index >= 15 is 4.39 Å². The Hall–Kier alpha value is -4.10. The van der Waals surface area contributed by atoms with E-state index in [1.54, 1.807) is 39.0 Å². The van der Waals surface area contributed by atoms with Gasteiger partial charge in [-0.15, -0.1) is 5.53 Å². The molecule has 5 rings (SSSR count). The molecule has 0 bridgehead atoms. The lowest BCUT2D eigenvalue weighted by molar-refractivity contribution is -0.139. The molecular weight excluding hydrogens is 528 g/mol. The van der Waals surface area contributed by atoms with Crippen LogP contribution >= 0.6 is 0 Å². The highest BCUT2D eigenvalue weighted by Crippen LogP contribution is 2.37. The van der Waals surface area contributed by atoms with Gasteiger partial charge in [-0.25, -0.2) is 4.39 Å². The maximum atomic E-state index is 15.0. The van der Waals surface area contributed by atoms with E-state index in [-0.39, 0.29) is 11.3 Å². The fourth-order valence-corrected chi connectivity index (χ4v) is 4.72. The zero-order chi connectivity index (χ0) is 28.8. The van der Waals surface area contributed by atoms with Crippen LogP contribution in [0.15, 0.2) is 42.7 Å². The highest BCUT2D eigenvalue weighted by atomic mass is 19.4. The number of aryl methyl sites for hydroxylation is 2. The van der Waals surface area contributed by atoms with Crippen LogP contribution in [0.4, 0.5) is 34.6 Å². The van der Waals surface area contributed by atoms with Crippen molar-refractivity contribution in [3.05, 3.63) is 76.5 Å². The molecule has 1 saturated heterocycles. The maximum Gasteiger partial charge on any atom is 0.419 e. The Labute approximate surface area is 229 Å². The molecule has 9 nitrogen and oxygen atoms in total. The van der Waals surface area contributed by atoms with Gasteiger partial charge in [0.25, 0.3) is 5.91 Å². The number of nitrogens with zero attached hydrogens (tertiary/aromatic N) is 5. The number of carbonyl (C=O) groups is 1. The summed E-state index contributed by atoms with van der Waals surface area (Å²) in [5.74, 6) is -2.14. The molecule has 3 aromatic rings. The van der Waals surface area contributed by atoms with E-state index in [2.05, 4.69) is 21.4 Å². The molecule has 0 aliphatic carbocycles. The lowest BCUT2D eigenvalue weighted by Crippen LogP contribution is -2.45. The Kier molecular flexibility index (Phi) is 7.19. The number of rotatable bonds is 5. The van der Waals surface area contributed by atoms with Gasteiger partial charge in [-0.3, -0.25) is 14.5 Å². The minimum atomic E-state index is -4.95. The molecule has 0 saturated carbocycles. The van der Waals surface area contributed by atoms with Crippen LogP contribution in [-0.4, -0.2) is 53.8 Å². The molecule has 2 aliphatic heterocycles. The zero-order valence-electron chi connectivity index (χ0n) is 22.5. The number of carbonyl (C=O) groups excluding carboxylic acids is 1. The third-order valence-corrected chi connectivity index (χ3v) is 7.29. The van der Waals surface area contributed by atoms with E-state index in [9.17, 15) is 18.0 Å². The minimum absolute atomic E-state index is 0.228. The quantitative estimate of drug-likeness (QED) is 0.408. The van der Waals surface area contributed by atoms with Crippen LogP contribution in [-0.2, 0) is 13.2 Å². The predicted octanol–water partition coefficient (Wildman–Crippen LogP) is 4.03. The Morgan fingerprint density at radius 3 is 2.40 bits per heavy atom. The van der Waals surface area contributed by atoms with E-state index in [0.29, 0.717) is 43.6 Å². The summed E-state index contributed by atoms with van der Waals surface area (Å²) in [4.78, 5) is 16.7. The smallest absolute Gasteiger partial charge is 0.367 e.